The van der Waals surface area contributed by atoms with Crippen molar-refractivity contribution < 1.29 is 18.3 Å². The number of hydrogen-bond donors (Lipinski definition) is 2. The van der Waals surface area contributed by atoms with Gasteiger partial charge in [0.2, 0.25) is 10.0 Å². The number of halogens is 1. The third-order valence-electron chi connectivity index (χ3n) is 2.57. The number of benzene rings is 1. The fourth-order valence-corrected chi connectivity index (χ4v) is 3.00. The number of sulfonamides is 1. The van der Waals surface area contributed by atoms with Crippen molar-refractivity contribution in [2.75, 3.05) is 0 Å². The van der Waals surface area contributed by atoms with E-state index in [2.05, 4.69) is 20.7 Å². The summed E-state index contributed by atoms with van der Waals surface area (Å²) in [5.41, 5.74) is 0. The zero-order valence-electron chi connectivity index (χ0n) is 10.5. The number of carboxylic acids is 1. The Morgan fingerprint density at radius 2 is 1.95 bits per heavy atom. The molecular formula is C12H16BrNO4S. The number of rotatable bonds is 7. The minimum atomic E-state index is -3.80. The highest BCUT2D eigenvalue weighted by molar-refractivity contribution is 9.10. The Labute approximate surface area is 121 Å². The molecule has 0 radical (unpaired) electrons. The predicted molar refractivity (Wildman–Crippen MR) is 75.4 cm³/mol. The van der Waals surface area contributed by atoms with Crippen LogP contribution in [0, 0.1) is 0 Å². The van der Waals surface area contributed by atoms with Crippen LogP contribution in [-0.4, -0.2) is 25.5 Å². The quantitative estimate of drug-likeness (QED) is 0.791. The van der Waals surface area contributed by atoms with Gasteiger partial charge in [-0.3, -0.25) is 4.79 Å². The summed E-state index contributed by atoms with van der Waals surface area (Å²) in [7, 11) is -3.80. The molecule has 106 valence electrons. The van der Waals surface area contributed by atoms with E-state index in [9.17, 15) is 13.2 Å². The molecule has 2 N–H and O–H groups in total. The fourth-order valence-electron chi connectivity index (χ4n) is 1.51. The van der Waals surface area contributed by atoms with Crippen molar-refractivity contribution in [2.45, 2.75) is 37.1 Å². The maximum absolute atomic E-state index is 12.0. The van der Waals surface area contributed by atoms with E-state index >= 15 is 0 Å². The summed E-state index contributed by atoms with van der Waals surface area (Å²) in [5, 5.41) is 9.02. The van der Waals surface area contributed by atoms with Gasteiger partial charge in [-0.2, -0.15) is 4.72 Å². The lowest BCUT2D eigenvalue weighted by Crippen LogP contribution is -2.40. The second kappa shape index (κ2) is 7.02. The van der Waals surface area contributed by atoms with Gasteiger partial charge in [-0.25, -0.2) is 8.42 Å². The molecule has 5 nitrogen and oxygen atoms in total. The third-order valence-corrected chi connectivity index (χ3v) is 4.58. The van der Waals surface area contributed by atoms with Crippen molar-refractivity contribution in [3.63, 3.8) is 0 Å². The summed E-state index contributed by atoms with van der Waals surface area (Å²) >= 11 is 3.21. The maximum Gasteiger partial charge on any atom is 0.321 e. The van der Waals surface area contributed by atoms with Crippen molar-refractivity contribution in [3.8, 4) is 0 Å². The molecule has 0 bridgehead atoms. The first kappa shape index (κ1) is 16.1. The summed E-state index contributed by atoms with van der Waals surface area (Å²) in [6.45, 7) is 1.92. The van der Waals surface area contributed by atoms with Gasteiger partial charge in [-0.05, 0) is 30.7 Å². The Morgan fingerprint density at radius 1 is 1.37 bits per heavy atom. The molecular weight excluding hydrogens is 334 g/mol. The van der Waals surface area contributed by atoms with Crippen LogP contribution in [0.15, 0.2) is 33.6 Å². The molecule has 0 saturated heterocycles. The Kier molecular flexibility index (Phi) is 5.96. The first-order valence-electron chi connectivity index (χ1n) is 5.87. The lowest BCUT2D eigenvalue weighted by atomic mass is 10.1. The largest absolute Gasteiger partial charge is 0.480 e. The van der Waals surface area contributed by atoms with Crippen molar-refractivity contribution >= 4 is 31.9 Å². The second-order valence-corrected chi connectivity index (χ2v) is 6.74. The van der Waals surface area contributed by atoms with Crippen LogP contribution < -0.4 is 4.72 Å². The molecule has 1 aromatic carbocycles. The summed E-state index contributed by atoms with van der Waals surface area (Å²) in [6, 6.07) is 4.94. The van der Waals surface area contributed by atoms with E-state index in [1.54, 1.807) is 12.1 Å². The number of carbonyl (C=O) groups is 1. The van der Waals surface area contributed by atoms with Gasteiger partial charge in [0, 0.05) is 4.47 Å². The molecule has 0 spiro atoms. The van der Waals surface area contributed by atoms with Crippen LogP contribution in [0.25, 0.3) is 0 Å². The Bertz CT molecular complexity index is 527. The number of unbranched alkanes of at least 4 members (excludes halogenated alkanes) is 1. The van der Waals surface area contributed by atoms with Gasteiger partial charge < -0.3 is 5.11 Å². The van der Waals surface area contributed by atoms with E-state index in [0.717, 1.165) is 10.9 Å². The molecule has 0 unspecified atom stereocenters. The molecule has 1 aromatic rings. The minimum Gasteiger partial charge on any atom is -0.480 e. The third kappa shape index (κ3) is 4.93. The average Bonchev–Trinajstić information content (AvgIpc) is 2.34. The standard InChI is InChI=1S/C12H16BrNO4S/c1-2-3-4-11(12(15)16)14-19(17,18)10-7-5-9(13)6-8-10/h5-8,11,14H,2-4H2,1H3,(H,15,16)/t11-/m0/s1. The number of aliphatic carboxylic acids is 1. The van der Waals surface area contributed by atoms with E-state index < -0.39 is 22.0 Å². The average molecular weight is 350 g/mol. The molecule has 0 aliphatic rings. The van der Waals surface area contributed by atoms with E-state index in [-0.39, 0.29) is 11.3 Å². The maximum atomic E-state index is 12.0. The number of nitrogens with one attached hydrogen (secondary N) is 1. The second-order valence-electron chi connectivity index (χ2n) is 4.11. The van der Waals surface area contributed by atoms with Crippen molar-refractivity contribution in [1.29, 1.82) is 0 Å². The van der Waals surface area contributed by atoms with Gasteiger partial charge in [0.25, 0.3) is 0 Å². The summed E-state index contributed by atoms with van der Waals surface area (Å²) in [5.74, 6) is -1.16. The Hall–Kier alpha value is -0.920. The monoisotopic (exact) mass is 349 g/mol. The SMILES string of the molecule is CCCC[C@H](NS(=O)(=O)c1ccc(Br)cc1)C(=O)O. The predicted octanol–water partition coefficient (Wildman–Crippen LogP) is 2.37. The Morgan fingerprint density at radius 3 is 2.42 bits per heavy atom. The first-order valence-corrected chi connectivity index (χ1v) is 8.15. The summed E-state index contributed by atoms with van der Waals surface area (Å²) < 4.78 is 27.0. The van der Waals surface area contributed by atoms with Crippen molar-refractivity contribution in [2.24, 2.45) is 0 Å². The highest BCUT2D eigenvalue weighted by Crippen LogP contribution is 2.15. The normalized spacial score (nSPS) is 13.2. The zero-order valence-corrected chi connectivity index (χ0v) is 12.9. The van der Waals surface area contributed by atoms with Gasteiger partial charge in [0.05, 0.1) is 4.90 Å². The molecule has 0 aliphatic heterocycles. The van der Waals surface area contributed by atoms with E-state index in [1.165, 1.54) is 12.1 Å². The van der Waals surface area contributed by atoms with Gasteiger partial charge in [-0.1, -0.05) is 35.7 Å². The topological polar surface area (TPSA) is 83.5 Å². The van der Waals surface area contributed by atoms with Crippen LogP contribution in [0.1, 0.15) is 26.2 Å². The van der Waals surface area contributed by atoms with Crippen LogP contribution >= 0.6 is 15.9 Å². The molecule has 0 fully saturated rings. The van der Waals surface area contributed by atoms with E-state index in [1.807, 2.05) is 6.92 Å². The van der Waals surface area contributed by atoms with Gasteiger partial charge in [0.1, 0.15) is 6.04 Å². The molecule has 0 saturated carbocycles. The molecule has 0 heterocycles. The van der Waals surface area contributed by atoms with E-state index in [4.69, 9.17) is 5.11 Å². The Balaban J connectivity index is 2.87. The van der Waals surface area contributed by atoms with Crippen LogP contribution in [0.3, 0.4) is 0 Å². The smallest absolute Gasteiger partial charge is 0.321 e. The molecule has 1 atom stereocenters. The van der Waals surface area contributed by atoms with E-state index in [0.29, 0.717) is 6.42 Å². The lowest BCUT2D eigenvalue weighted by molar-refractivity contribution is -0.139. The molecule has 7 heteroatoms. The summed E-state index contributed by atoms with van der Waals surface area (Å²) in [4.78, 5) is 11.1. The molecule has 19 heavy (non-hydrogen) atoms. The van der Waals surface area contributed by atoms with Crippen molar-refractivity contribution in [3.05, 3.63) is 28.7 Å². The van der Waals surface area contributed by atoms with Crippen LogP contribution in [-0.2, 0) is 14.8 Å². The summed E-state index contributed by atoms with van der Waals surface area (Å²) in [6.07, 6.45) is 1.74. The molecule has 0 aliphatic carbocycles. The van der Waals surface area contributed by atoms with Gasteiger partial charge >= 0.3 is 5.97 Å². The van der Waals surface area contributed by atoms with Crippen LogP contribution in [0.2, 0.25) is 0 Å². The molecule has 0 amide bonds. The lowest BCUT2D eigenvalue weighted by Gasteiger charge is -2.14. The van der Waals surface area contributed by atoms with Gasteiger partial charge in [-0.15, -0.1) is 0 Å². The highest BCUT2D eigenvalue weighted by Gasteiger charge is 2.24. The van der Waals surface area contributed by atoms with Crippen LogP contribution in [0.5, 0.6) is 0 Å². The van der Waals surface area contributed by atoms with Gasteiger partial charge in [0.15, 0.2) is 0 Å². The van der Waals surface area contributed by atoms with Crippen LogP contribution in [0.4, 0.5) is 0 Å². The number of carboxylic acid groups (broad SMARTS) is 1. The minimum absolute atomic E-state index is 0.0541. The molecule has 0 aromatic heterocycles. The number of hydrogen-bond acceptors (Lipinski definition) is 3. The fraction of sp³-hybridized carbons (Fsp3) is 0.417. The zero-order chi connectivity index (χ0) is 14.5. The molecule has 1 rings (SSSR count). The van der Waals surface area contributed by atoms with Crippen molar-refractivity contribution in [1.82, 2.24) is 4.72 Å². The first-order chi connectivity index (χ1) is 8.86. The highest BCUT2D eigenvalue weighted by atomic mass is 79.9.